The first-order valence-electron chi connectivity index (χ1n) is 6.21. The van der Waals surface area contributed by atoms with Crippen molar-refractivity contribution < 1.29 is 13.5 Å². The van der Waals surface area contributed by atoms with Gasteiger partial charge in [0.1, 0.15) is 0 Å². The molecule has 1 fully saturated rings. The van der Waals surface area contributed by atoms with E-state index in [1.807, 2.05) is 0 Å². The second-order valence-electron chi connectivity index (χ2n) is 4.90. The highest BCUT2D eigenvalue weighted by atomic mass is 32.2. The molecule has 0 radical (unpaired) electrons. The van der Waals surface area contributed by atoms with Crippen molar-refractivity contribution >= 4 is 15.5 Å². The molecule has 2 atom stereocenters. The van der Waals surface area contributed by atoms with E-state index in [9.17, 15) is 13.5 Å². The van der Waals surface area contributed by atoms with Gasteiger partial charge in [-0.3, -0.25) is 0 Å². The van der Waals surface area contributed by atoms with Crippen LogP contribution >= 0.6 is 0 Å². The van der Waals surface area contributed by atoms with Gasteiger partial charge in [-0.2, -0.15) is 0 Å². The van der Waals surface area contributed by atoms with Crippen LogP contribution in [0.1, 0.15) is 25.7 Å². The summed E-state index contributed by atoms with van der Waals surface area (Å²) in [7, 11) is -3.14. The topological polar surface area (TPSA) is 66.4 Å². The maximum absolute atomic E-state index is 11.3. The fraction of sp³-hybridized carbons (Fsp3) is 0.538. The molecular formula is C13H19NO3S. The number of hydrogen-bond acceptors (Lipinski definition) is 4. The molecule has 0 aromatic heterocycles. The molecule has 100 valence electrons. The summed E-state index contributed by atoms with van der Waals surface area (Å²) < 4.78 is 22.7. The van der Waals surface area contributed by atoms with Crippen molar-refractivity contribution in [3.05, 3.63) is 24.3 Å². The van der Waals surface area contributed by atoms with Gasteiger partial charge >= 0.3 is 0 Å². The summed E-state index contributed by atoms with van der Waals surface area (Å²) in [6.07, 6.45) is 4.87. The average molecular weight is 269 g/mol. The fourth-order valence-electron chi connectivity index (χ4n) is 2.29. The van der Waals surface area contributed by atoms with Crippen LogP contribution in [0.5, 0.6) is 0 Å². The first kappa shape index (κ1) is 13.4. The van der Waals surface area contributed by atoms with Gasteiger partial charge in [0.25, 0.3) is 0 Å². The number of rotatable bonds is 3. The Morgan fingerprint density at radius 3 is 2.33 bits per heavy atom. The van der Waals surface area contributed by atoms with Crippen LogP contribution in [-0.4, -0.2) is 31.9 Å². The predicted octanol–water partition coefficient (Wildman–Crippen LogP) is 1.81. The second-order valence-corrected chi connectivity index (χ2v) is 6.91. The summed E-state index contributed by atoms with van der Waals surface area (Å²) in [6.45, 7) is 0. The minimum absolute atomic E-state index is 0.0721. The molecule has 2 rings (SSSR count). The molecule has 0 bridgehead atoms. The molecule has 1 aromatic rings. The van der Waals surface area contributed by atoms with Crippen molar-refractivity contribution in [2.45, 2.75) is 42.7 Å². The Kier molecular flexibility index (Phi) is 3.92. The highest BCUT2D eigenvalue weighted by Crippen LogP contribution is 2.23. The predicted molar refractivity (Wildman–Crippen MR) is 71.4 cm³/mol. The Balaban J connectivity index is 2.06. The Hall–Kier alpha value is -1.07. The summed E-state index contributed by atoms with van der Waals surface area (Å²) in [5.41, 5.74) is 0.855. The van der Waals surface area contributed by atoms with E-state index in [1.165, 1.54) is 6.26 Å². The van der Waals surface area contributed by atoms with Crippen LogP contribution in [0.2, 0.25) is 0 Å². The molecule has 4 nitrogen and oxygen atoms in total. The first-order chi connectivity index (χ1) is 8.47. The monoisotopic (exact) mass is 269 g/mol. The molecule has 18 heavy (non-hydrogen) atoms. The number of nitrogens with one attached hydrogen (secondary N) is 1. The SMILES string of the molecule is CS(=O)(=O)c1ccc(N[C@@H]2CCCC[C@H]2O)cc1. The highest BCUT2D eigenvalue weighted by molar-refractivity contribution is 7.90. The molecule has 0 unspecified atom stereocenters. The van der Waals surface area contributed by atoms with E-state index in [0.717, 1.165) is 31.4 Å². The van der Waals surface area contributed by atoms with Crippen molar-refractivity contribution in [1.82, 2.24) is 0 Å². The Bertz CT molecular complexity index is 495. The van der Waals surface area contributed by atoms with E-state index in [4.69, 9.17) is 0 Å². The maximum atomic E-state index is 11.3. The number of sulfone groups is 1. The molecule has 0 amide bonds. The van der Waals surface area contributed by atoms with E-state index in [2.05, 4.69) is 5.32 Å². The molecule has 0 spiro atoms. The third-order valence-electron chi connectivity index (χ3n) is 3.36. The summed E-state index contributed by atoms with van der Waals surface area (Å²) in [4.78, 5) is 0.317. The zero-order chi connectivity index (χ0) is 13.2. The van der Waals surface area contributed by atoms with Crippen molar-refractivity contribution in [2.75, 3.05) is 11.6 Å². The van der Waals surface area contributed by atoms with Crippen LogP contribution in [-0.2, 0) is 9.84 Å². The van der Waals surface area contributed by atoms with Crippen LogP contribution in [0.4, 0.5) is 5.69 Å². The molecular weight excluding hydrogens is 250 g/mol. The Morgan fingerprint density at radius 2 is 1.78 bits per heavy atom. The van der Waals surface area contributed by atoms with Crippen LogP contribution in [0.15, 0.2) is 29.2 Å². The largest absolute Gasteiger partial charge is 0.391 e. The standard InChI is InChI=1S/C13H19NO3S/c1-18(16,17)11-8-6-10(7-9-11)14-12-4-2-3-5-13(12)15/h6-9,12-15H,2-5H2,1H3/t12-,13-/m1/s1. The van der Waals surface area contributed by atoms with Gasteiger partial charge in [-0.25, -0.2) is 8.42 Å². The summed E-state index contributed by atoms with van der Waals surface area (Å²) in [5, 5.41) is 13.1. The third kappa shape index (κ3) is 3.23. The fourth-order valence-corrected chi connectivity index (χ4v) is 2.92. The van der Waals surface area contributed by atoms with Gasteiger partial charge in [-0.05, 0) is 37.1 Å². The summed E-state index contributed by atoms with van der Waals surface area (Å²) >= 11 is 0. The molecule has 5 heteroatoms. The quantitative estimate of drug-likeness (QED) is 0.878. The van der Waals surface area contributed by atoms with E-state index < -0.39 is 9.84 Å². The van der Waals surface area contributed by atoms with Gasteiger partial charge in [0.15, 0.2) is 9.84 Å². The Morgan fingerprint density at radius 1 is 1.17 bits per heavy atom. The number of anilines is 1. The van der Waals surface area contributed by atoms with E-state index >= 15 is 0 Å². The zero-order valence-corrected chi connectivity index (χ0v) is 11.3. The van der Waals surface area contributed by atoms with Gasteiger partial charge in [-0.1, -0.05) is 12.8 Å². The number of hydrogen-bond donors (Lipinski definition) is 2. The van der Waals surface area contributed by atoms with Crippen molar-refractivity contribution in [2.24, 2.45) is 0 Å². The third-order valence-corrected chi connectivity index (χ3v) is 4.49. The van der Waals surface area contributed by atoms with Gasteiger partial charge in [-0.15, -0.1) is 0 Å². The van der Waals surface area contributed by atoms with Crippen molar-refractivity contribution in [3.8, 4) is 0 Å². The number of benzene rings is 1. The molecule has 0 heterocycles. The summed E-state index contributed by atoms with van der Waals surface area (Å²) in [6, 6.07) is 6.75. The molecule has 1 saturated carbocycles. The second kappa shape index (κ2) is 5.28. The molecule has 0 aliphatic heterocycles. The smallest absolute Gasteiger partial charge is 0.175 e. The minimum atomic E-state index is -3.14. The maximum Gasteiger partial charge on any atom is 0.175 e. The Labute approximate surface area is 108 Å². The number of aliphatic hydroxyl groups is 1. The molecule has 0 saturated heterocycles. The highest BCUT2D eigenvalue weighted by Gasteiger charge is 2.22. The van der Waals surface area contributed by atoms with Crippen molar-refractivity contribution in [1.29, 1.82) is 0 Å². The summed E-state index contributed by atoms with van der Waals surface area (Å²) in [5.74, 6) is 0. The van der Waals surface area contributed by atoms with Crippen molar-refractivity contribution in [3.63, 3.8) is 0 Å². The van der Waals surface area contributed by atoms with Gasteiger partial charge in [0, 0.05) is 11.9 Å². The van der Waals surface area contributed by atoms with Crippen LogP contribution in [0.3, 0.4) is 0 Å². The lowest BCUT2D eigenvalue weighted by Crippen LogP contribution is -2.36. The van der Waals surface area contributed by atoms with E-state index in [0.29, 0.717) is 4.90 Å². The molecule has 2 N–H and O–H groups in total. The normalized spacial score (nSPS) is 24.8. The first-order valence-corrected chi connectivity index (χ1v) is 8.11. The van der Waals surface area contributed by atoms with Crippen LogP contribution < -0.4 is 5.32 Å². The van der Waals surface area contributed by atoms with Gasteiger partial charge in [0.05, 0.1) is 17.0 Å². The van der Waals surface area contributed by atoms with Gasteiger partial charge in [0.2, 0.25) is 0 Å². The lowest BCUT2D eigenvalue weighted by atomic mass is 9.92. The van der Waals surface area contributed by atoms with Crippen LogP contribution in [0, 0.1) is 0 Å². The average Bonchev–Trinajstić information content (AvgIpc) is 2.32. The zero-order valence-electron chi connectivity index (χ0n) is 10.5. The number of aliphatic hydroxyl groups excluding tert-OH is 1. The molecule has 1 aliphatic rings. The lowest BCUT2D eigenvalue weighted by molar-refractivity contribution is 0.116. The van der Waals surface area contributed by atoms with Gasteiger partial charge < -0.3 is 10.4 Å². The molecule has 1 aromatic carbocycles. The van der Waals surface area contributed by atoms with E-state index in [1.54, 1.807) is 24.3 Å². The molecule has 1 aliphatic carbocycles. The minimum Gasteiger partial charge on any atom is -0.391 e. The van der Waals surface area contributed by atoms with E-state index in [-0.39, 0.29) is 12.1 Å². The van der Waals surface area contributed by atoms with Crippen LogP contribution in [0.25, 0.3) is 0 Å². The lowest BCUT2D eigenvalue weighted by Gasteiger charge is -2.29.